The van der Waals surface area contributed by atoms with Gasteiger partial charge in [-0.2, -0.15) is 0 Å². The van der Waals surface area contributed by atoms with Crippen molar-refractivity contribution in [3.05, 3.63) is 55.7 Å². The van der Waals surface area contributed by atoms with Crippen LogP contribution in [0.5, 0.6) is 0 Å². The minimum absolute atomic E-state index is 0.00238. The Bertz CT molecular complexity index is 848. The summed E-state index contributed by atoms with van der Waals surface area (Å²) in [5.74, 6) is 0.232. The zero-order valence-electron chi connectivity index (χ0n) is 16.5. The molecule has 1 saturated heterocycles. The lowest BCUT2D eigenvalue weighted by atomic mass is 10.1. The molecule has 1 N–H and O–H groups in total. The number of benzene rings is 1. The average molecular weight is 453 g/mol. The fourth-order valence-electron chi connectivity index (χ4n) is 3.80. The largest absolute Gasteiger partial charge is 0.352 e. The van der Waals surface area contributed by atoms with E-state index >= 15 is 0 Å². The molecule has 0 spiro atoms. The van der Waals surface area contributed by atoms with Crippen molar-refractivity contribution in [1.29, 1.82) is 0 Å². The number of nitrogens with one attached hydrogen (secondary N) is 1. The number of hydrogen-bond acceptors (Lipinski definition) is 3. The molecule has 4 nitrogen and oxygen atoms in total. The van der Waals surface area contributed by atoms with Crippen LogP contribution in [0.15, 0.2) is 30.3 Å². The zero-order valence-corrected chi connectivity index (χ0v) is 18.9. The van der Waals surface area contributed by atoms with Crippen LogP contribution < -0.4 is 5.32 Å². The highest BCUT2D eigenvalue weighted by molar-refractivity contribution is 7.14. The first-order valence-corrected chi connectivity index (χ1v) is 11.6. The van der Waals surface area contributed by atoms with E-state index in [4.69, 9.17) is 23.2 Å². The highest BCUT2D eigenvalue weighted by Crippen LogP contribution is 2.26. The smallest absolute Gasteiger partial charge is 0.261 e. The zero-order chi connectivity index (χ0) is 20.8. The number of thiophene rings is 1. The molecule has 0 radical (unpaired) electrons. The normalized spacial score (nSPS) is 16.4. The Labute approximate surface area is 186 Å². The van der Waals surface area contributed by atoms with Crippen LogP contribution in [0.25, 0.3) is 0 Å². The maximum absolute atomic E-state index is 12.3. The molecule has 0 unspecified atom stereocenters. The third-order valence-corrected chi connectivity index (χ3v) is 6.78. The highest BCUT2D eigenvalue weighted by Gasteiger charge is 2.30. The molecular formula is C22H26Cl2N2O2S. The molecule has 1 atom stereocenters. The molecule has 1 aliphatic heterocycles. The summed E-state index contributed by atoms with van der Waals surface area (Å²) in [4.78, 5) is 28.2. The van der Waals surface area contributed by atoms with E-state index in [0.717, 1.165) is 42.5 Å². The fraction of sp³-hybridized carbons (Fsp3) is 0.455. The predicted octanol–water partition coefficient (Wildman–Crippen LogP) is 5.36. The van der Waals surface area contributed by atoms with Gasteiger partial charge in [0.05, 0.1) is 4.88 Å². The number of rotatable bonds is 9. The van der Waals surface area contributed by atoms with E-state index in [0.29, 0.717) is 35.6 Å². The minimum Gasteiger partial charge on any atom is -0.352 e. The summed E-state index contributed by atoms with van der Waals surface area (Å²) in [7, 11) is 0. The van der Waals surface area contributed by atoms with E-state index in [1.165, 1.54) is 4.88 Å². The van der Waals surface area contributed by atoms with Gasteiger partial charge in [-0.05, 0) is 74.9 Å². The van der Waals surface area contributed by atoms with Gasteiger partial charge in [-0.25, -0.2) is 0 Å². The van der Waals surface area contributed by atoms with E-state index in [1.54, 1.807) is 17.4 Å². The van der Waals surface area contributed by atoms with Crippen LogP contribution >= 0.6 is 34.5 Å². The Kier molecular flexibility index (Phi) is 7.99. The van der Waals surface area contributed by atoms with Crippen LogP contribution in [0, 0.1) is 0 Å². The summed E-state index contributed by atoms with van der Waals surface area (Å²) < 4.78 is 0. The molecule has 0 aliphatic carbocycles. The van der Waals surface area contributed by atoms with Gasteiger partial charge in [0.2, 0.25) is 5.91 Å². The lowest BCUT2D eigenvalue weighted by Gasteiger charge is -2.25. The molecule has 2 aromatic rings. The van der Waals surface area contributed by atoms with Crippen molar-refractivity contribution in [2.75, 3.05) is 13.1 Å². The third-order valence-electron chi connectivity index (χ3n) is 5.20. The van der Waals surface area contributed by atoms with E-state index in [-0.39, 0.29) is 11.8 Å². The highest BCUT2D eigenvalue weighted by atomic mass is 35.5. The molecule has 1 fully saturated rings. The second kappa shape index (κ2) is 10.5. The van der Waals surface area contributed by atoms with Gasteiger partial charge in [0, 0.05) is 40.5 Å². The van der Waals surface area contributed by atoms with Crippen molar-refractivity contribution in [1.82, 2.24) is 10.2 Å². The van der Waals surface area contributed by atoms with Crippen LogP contribution in [0.3, 0.4) is 0 Å². The second-order valence-electron chi connectivity index (χ2n) is 7.32. The Balaban J connectivity index is 1.49. The number of carbonyl (C=O) groups excluding carboxylic acids is 2. The van der Waals surface area contributed by atoms with E-state index in [9.17, 15) is 9.59 Å². The molecule has 3 rings (SSSR count). The number of aryl methyl sites for hydroxylation is 1. The molecule has 7 heteroatoms. The number of amides is 2. The quantitative estimate of drug-likeness (QED) is 0.556. The molecule has 1 aromatic carbocycles. The van der Waals surface area contributed by atoms with E-state index in [2.05, 4.69) is 5.32 Å². The Hall–Kier alpha value is -1.56. The van der Waals surface area contributed by atoms with Crippen molar-refractivity contribution in [3.8, 4) is 0 Å². The molecule has 1 aromatic heterocycles. The molecular weight excluding hydrogens is 427 g/mol. The van der Waals surface area contributed by atoms with E-state index < -0.39 is 0 Å². The molecule has 29 heavy (non-hydrogen) atoms. The van der Waals surface area contributed by atoms with Crippen LogP contribution in [0.1, 0.15) is 52.7 Å². The summed E-state index contributed by atoms with van der Waals surface area (Å²) in [6.45, 7) is 3.25. The van der Waals surface area contributed by atoms with Gasteiger partial charge in [-0.15, -0.1) is 11.3 Å². The lowest BCUT2D eigenvalue weighted by molar-refractivity contribution is -0.129. The number of halogens is 2. The van der Waals surface area contributed by atoms with Crippen molar-refractivity contribution in [3.63, 3.8) is 0 Å². The van der Waals surface area contributed by atoms with Gasteiger partial charge >= 0.3 is 0 Å². The van der Waals surface area contributed by atoms with E-state index in [1.807, 2.05) is 36.1 Å². The molecule has 0 bridgehead atoms. The number of carbonyl (C=O) groups is 2. The summed E-state index contributed by atoms with van der Waals surface area (Å²) in [6.07, 6.45) is 5.23. The van der Waals surface area contributed by atoms with Crippen LogP contribution in [-0.2, 0) is 17.6 Å². The van der Waals surface area contributed by atoms with Gasteiger partial charge in [0.1, 0.15) is 0 Å². The van der Waals surface area contributed by atoms with Crippen molar-refractivity contribution in [2.24, 2.45) is 0 Å². The summed E-state index contributed by atoms with van der Waals surface area (Å²) in [5, 5.41) is 4.08. The third kappa shape index (κ3) is 6.21. The van der Waals surface area contributed by atoms with Crippen molar-refractivity contribution in [2.45, 2.75) is 51.5 Å². The van der Waals surface area contributed by atoms with Crippen LogP contribution in [-0.4, -0.2) is 35.8 Å². The number of likely N-dealkylation sites (tertiary alicyclic amines) is 1. The standard InChI is InChI=1S/C22H26Cl2N2O2S/c1-2-25-22(28)20-8-7-19(29-20)5-3-4-18-6-9-21(27)26(18)11-10-15-12-16(23)14-17(24)13-15/h7-8,12-14,18H,2-6,9-11H2,1H3,(H,25,28)/t18-/m0/s1. The van der Waals surface area contributed by atoms with Gasteiger partial charge in [-0.1, -0.05) is 23.2 Å². The topological polar surface area (TPSA) is 49.4 Å². The van der Waals surface area contributed by atoms with Gasteiger partial charge < -0.3 is 10.2 Å². The van der Waals surface area contributed by atoms with Crippen LogP contribution in [0.4, 0.5) is 0 Å². The van der Waals surface area contributed by atoms with Gasteiger partial charge in [0.15, 0.2) is 0 Å². The fourth-order valence-corrected chi connectivity index (χ4v) is 5.34. The molecule has 1 aliphatic rings. The number of hydrogen-bond donors (Lipinski definition) is 1. The number of nitrogens with zero attached hydrogens (tertiary/aromatic N) is 1. The SMILES string of the molecule is CCNC(=O)c1ccc(CCC[C@H]2CCC(=O)N2CCc2cc(Cl)cc(Cl)c2)s1. The molecule has 2 amide bonds. The molecule has 2 heterocycles. The Morgan fingerprint density at radius 1 is 1.21 bits per heavy atom. The minimum atomic E-state index is -0.00238. The Morgan fingerprint density at radius 2 is 1.97 bits per heavy atom. The Morgan fingerprint density at radius 3 is 2.69 bits per heavy atom. The first kappa shape index (κ1) is 22.1. The van der Waals surface area contributed by atoms with Gasteiger partial charge in [-0.3, -0.25) is 9.59 Å². The second-order valence-corrected chi connectivity index (χ2v) is 9.37. The predicted molar refractivity (Wildman–Crippen MR) is 120 cm³/mol. The van der Waals surface area contributed by atoms with Crippen molar-refractivity contribution < 1.29 is 9.59 Å². The molecule has 0 saturated carbocycles. The first-order chi connectivity index (χ1) is 14.0. The monoisotopic (exact) mass is 452 g/mol. The maximum Gasteiger partial charge on any atom is 0.261 e. The average Bonchev–Trinajstić information content (AvgIpc) is 3.27. The van der Waals surface area contributed by atoms with Gasteiger partial charge in [0.25, 0.3) is 5.91 Å². The maximum atomic E-state index is 12.3. The summed E-state index contributed by atoms with van der Waals surface area (Å²) >= 11 is 13.7. The molecule has 156 valence electrons. The van der Waals surface area contributed by atoms with Crippen molar-refractivity contribution >= 4 is 46.4 Å². The first-order valence-electron chi connectivity index (χ1n) is 10.1. The summed E-state index contributed by atoms with van der Waals surface area (Å²) in [5.41, 5.74) is 1.05. The summed E-state index contributed by atoms with van der Waals surface area (Å²) in [6, 6.07) is 9.76. The lowest BCUT2D eigenvalue weighted by Crippen LogP contribution is -2.34. The van der Waals surface area contributed by atoms with Crippen LogP contribution in [0.2, 0.25) is 10.0 Å².